The molecule has 0 fully saturated rings. The predicted molar refractivity (Wildman–Crippen MR) is 68.4 cm³/mol. The molecule has 1 aromatic heterocycles. The molecule has 1 atom stereocenters. The number of fused-ring (bicyclic) bond motifs is 1. The monoisotopic (exact) mass is 262 g/mol. The molecule has 2 aromatic rings. The maximum Gasteiger partial charge on any atom is 0.170 e. The maximum atomic E-state index is 14.1. The second-order valence-corrected chi connectivity index (χ2v) is 4.53. The van der Waals surface area contributed by atoms with Crippen LogP contribution in [0.25, 0.3) is 11.4 Å². The summed E-state index contributed by atoms with van der Waals surface area (Å²) in [6, 6.07) is 4.87. The third kappa shape index (κ3) is 1.88. The number of ether oxygens (including phenoxy) is 1. The van der Waals surface area contributed by atoms with Gasteiger partial charge in [0.25, 0.3) is 0 Å². The Morgan fingerprint density at radius 1 is 1.42 bits per heavy atom. The lowest BCUT2D eigenvalue weighted by molar-refractivity contribution is 0.411. The van der Waals surface area contributed by atoms with E-state index in [0.717, 1.165) is 18.9 Å². The van der Waals surface area contributed by atoms with Gasteiger partial charge < -0.3 is 14.6 Å². The molecule has 19 heavy (non-hydrogen) atoms. The van der Waals surface area contributed by atoms with Crippen LogP contribution in [-0.2, 0) is 6.54 Å². The van der Waals surface area contributed by atoms with E-state index < -0.39 is 0 Å². The Morgan fingerprint density at radius 2 is 2.26 bits per heavy atom. The largest absolute Gasteiger partial charge is 0.496 e. The van der Waals surface area contributed by atoms with E-state index in [-0.39, 0.29) is 11.9 Å². The van der Waals surface area contributed by atoms with Gasteiger partial charge in [-0.3, -0.25) is 0 Å². The minimum atomic E-state index is -0.347. The Balaban J connectivity index is 2.18. The Hall–Kier alpha value is -1.95. The van der Waals surface area contributed by atoms with Crippen LogP contribution < -0.4 is 10.1 Å². The van der Waals surface area contributed by atoms with Gasteiger partial charge in [-0.15, -0.1) is 10.2 Å². The highest BCUT2D eigenvalue weighted by molar-refractivity contribution is 5.65. The molecule has 0 spiro atoms. The third-order valence-corrected chi connectivity index (χ3v) is 3.37. The van der Waals surface area contributed by atoms with Crippen LogP contribution in [0.1, 0.15) is 18.8 Å². The first kappa shape index (κ1) is 12.1. The van der Waals surface area contributed by atoms with Crippen LogP contribution in [0.4, 0.5) is 4.39 Å². The van der Waals surface area contributed by atoms with Crippen LogP contribution in [0.15, 0.2) is 18.2 Å². The van der Waals surface area contributed by atoms with Gasteiger partial charge in [-0.1, -0.05) is 6.07 Å². The lowest BCUT2D eigenvalue weighted by Crippen LogP contribution is -2.32. The fourth-order valence-corrected chi connectivity index (χ4v) is 2.42. The van der Waals surface area contributed by atoms with Gasteiger partial charge in [0.15, 0.2) is 5.82 Å². The topological polar surface area (TPSA) is 52.0 Å². The average Bonchev–Trinajstić information content (AvgIpc) is 2.83. The number of hydrogen-bond acceptors (Lipinski definition) is 4. The molecular formula is C13H15FN4O. The highest BCUT2D eigenvalue weighted by Crippen LogP contribution is 2.33. The van der Waals surface area contributed by atoms with Gasteiger partial charge in [0.1, 0.15) is 17.4 Å². The van der Waals surface area contributed by atoms with E-state index in [1.54, 1.807) is 12.1 Å². The van der Waals surface area contributed by atoms with Crippen molar-refractivity contribution in [3.63, 3.8) is 0 Å². The fraction of sp³-hybridized carbons (Fsp3) is 0.385. The maximum absolute atomic E-state index is 14.1. The highest BCUT2D eigenvalue weighted by atomic mass is 19.1. The zero-order valence-electron chi connectivity index (χ0n) is 10.9. The molecule has 0 bridgehead atoms. The van der Waals surface area contributed by atoms with Gasteiger partial charge in [0, 0.05) is 13.1 Å². The van der Waals surface area contributed by atoms with Gasteiger partial charge in [-0.25, -0.2) is 4.39 Å². The minimum Gasteiger partial charge on any atom is -0.496 e. The first-order valence-electron chi connectivity index (χ1n) is 6.21. The van der Waals surface area contributed by atoms with E-state index in [2.05, 4.69) is 15.5 Å². The van der Waals surface area contributed by atoms with E-state index in [9.17, 15) is 4.39 Å². The standard InChI is InChI=1S/C13H15FN4O/c1-8-12-16-17-13(18(12)7-6-15-8)11-9(14)4-3-5-10(11)19-2/h3-5,8,15H,6-7H2,1-2H3. The molecule has 2 heterocycles. The minimum absolute atomic E-state index is 0.118. The van der Waals surface area contributed by atoms with Gasteiger partial charge in [-0.05, 0) is 19.1 Å². The van der Waals surface area contributed by atoms with Gasteiger partial charge in [0.2, 0.25) is 0 Å². The molecular weight excluding hydrogens is 247 g/mol. The second-order valence-electron chi connectivity index (χ2n) is 4.53. The summed E-state index contributed by atoms with van der Waals surface area (Å²) in [5.41, 5.74) is 0.373. The van der Waals surface area contributed by atoms with Crippen LogP contribution in [0.2, 0.25) is 0 Å². The van der Waals surface area contributed by atoms with E-state index >= 15 is 0 Å². The smallest absolute Gasteiger partial charge is 0.170 e. The molecule has 1 aliphatic rings. The van der Waals surface area contributed by atoms with Crippen molar-refractivity contribution >= 4 is 0 Å². The Bertz CT molecular complexity index is 611. The van der Waals surface area contributed by atoms with Crippen molar-refractivity contribution in [3.05, 3.63) is 29.8 Å². The molecule has 1 N–H and O–H groups in total. The second kappa shape index (κ2) is 4.62. The number of rotatable bonds is 2. The van der Waals surface area contributed by atoms with E-state index in [4.69, 9.17) is 4.74 Å². The first-order valence-corrected chi connectivity index (χ1v) is 6.21. The SMILES string of the molecule is COc1cccc(F)c1-c1nnc2n1CCNC2C. The summed E-state index contributed by atoms with van der Waals surface area (Å²) in [5, 5.41) is 11.6. The van der Waals surface area contributed by atoms with Crippen molar-refractivity contribution < 1.29 is 9.13 Å². The summed E-state index contributed by atoms with van der Waals surface area (Å²) >= 11 is 0. The Labute approximate surface area is 110 Å². The average molecular weight is 262 g/mol. The van der Waals surface area contributed by atoms with E-state index in [0.29, 0.717) is 17.1 Å². The third-order valence-electron chi connectivity index (χ3n) is 3.37. The summed E-state index contributed by atoms with van der Waals surface area (Å²) in [7, 11) is 1.52. The molecule has 5 nitrogen and oxygen atoms in total. The van der Waals surface area contributed by atoms with Crippen molar-refractivity contribution in [1.82, 2.24) is 20.1 Å². The summed E-state index contributed by atoms with van der Waals surface area (Å²) in [5.74, 6) is 1.48. The number of nitrogens with one attached hydrogen (secondary N) is 1. The molecule has 0 aliphatic carbocycles. The number of methoxy groups -OCH3 is 1. The summed E-state index contributed by atoms with van der Waals surface area (Å²) < 4.78 is 21.3. The Kier molecular flexibility index (Phi) is 2.94. The van der Waals surface area contributed by atoms with Crippen LogP contribution in [0.5, 0.6) is 5.75 Å². The number of nitrogens with zero attached hydrogens (tertiary/aromatic N) is 3. The number of hydrogen-bond donors (Lipinski definition) is 1. The van der Waals surface area contributed by atoms with Crippen LogP contribution in [0.3, 0.4) is 0 Å². The lowest BCUT2D eigenvalue weighted by Gasteiger charge is -2.22. The molecule has 100 valence electrons. The lowest BCUT2D eigenvalue weighted by atomic mass is 10.1. The van der Waals surface area contributed by atoms with Crippen LogP contribution in [-0.4, -0.2) is 28.4 Å². The Morgan fingerprint density at radius 3 is 3.05 bits per heavy atom. The number of halogens is 1. The molecule has 0 amide bonds. The predicted octanol–water partition coefficient (Wildman–Crippen LogP) is 1.76. The molecule has 1 unspecified atom stereocenters. The van der Waals surface area contributed by atoms with Crippen molar-refractivity contribution in [2.24, 2.45) is 0 Å². The molecule has 3 rings (SSSR count). The first-order chi connectivity index (χ1) is 9.22. The van der Waals surface area contributed by atoms with Gasteiger partial charge in [0.05, 0.1) is 18.7 Å². The number of aromatic nitrogens is 3. The fourth-order valence-electron chi connectivity index (χ4n) is 2.42. The van der Waals surface area contributed by atoms with E-state index in [1.807, 2.05) is 11.5 Å². The van der Waals surface area contributed by atoms with Crippen molar-refractivity contribution in [3.8, 4) is 17.1 Å². The van der Waals surface area contributed by atoms with Crippen LogP contribution in [0, 0.1) is 5.82 Å². The molecule has 0 radical (unpaired) electrons. The molecule has 0 saturated heterocycles. The van der Waals surface area contributed by atoms with Crippen molar-refractivity contribution in [2.45, 2.75) is 19.5 Å². The molecule has 1 aliphatic heterocycles. The normalized spacial score (nSPS) is 18.2. The zero-order chi connectivity index (χ0) is 13.4. The number of benzene rings is 1. The zero-order valence-corrected chi connectivity index (χ0v) is 10.9. The molecule has 0 saturated carbocycles. The van der Waals surface area contributed by atoms with Crippen LogP contribution >= 0.6 is 0 Å². The van der Waals surface area contributed by atoms with Crippen molar-refractivity contribution in [1.29, 1.82) is 0 Å². The molecule has 6 heteroatoms. The summed E-state index contributed by atoms with van der Waals surface area (Å²) in [6.07, 6.45) is 0. The molecule has 1 aromatic carbocycles. The van der Waals surface area contributed by atoms with E-state index in [1.165, 1.54) is 13.2 Å². The van der Waals surface area contributed by atoms with Crippen molar-refractivity contribution in [2.75, 3.05) is 13.7 Å². The quantitative estimate of drug-likeness (QED) is 0.896. The summed E-state index contributed by atoms with van der Waals surface area (Å²) in [6.45, 7) is 3.55. The van der Waals surface area contributed by atoms with Gasteiger partial charge in [-0.2, -0.15) is 0 Å². The van der Waals surface area contributed by atoms with Gasteiger partial charge >= 0.3 is 0 Å². The highest BCUT2D eigenvalue weighted by Gasteiger charge is 2.25. The summed E-state index contributed by atoms with van der Waals surface area (Å²) in [4.78, 5) is 0.